The van der Waals surface area contributed by atoms with Crippen LogP contribution in [0.15, 0.2) is 57.9 Å². The van der Waals surface area contributed by atoms with Gasteiger partial charge in [0.15, 0.2) is 0 Å². The summed E-state index contributed by atoms with van der Waals surface area (Å²) in [6, 6.07) is 13.1. The maximum atomic E-state index is 12.2. The highest BCUT2D eigenvalue weighted by Crippen LogP contribution is 2.23. The van der Waals surface area contributed by atoms with Crippen LogP contribution in [0.3, 0.4) is 0 Å². The van der Waals surface area contributed by atoms with Gasteiger partial charge < -0.3 is 10.6 Å². The predicted molar refractivity (Wildman–Crippen MR) is 102 cm³/mol. The zero-order valence-corrected chi connectivity index (χ0v) is 16.6. The van der Waals surface area contributed by atoms with Crippen molar-refractivity contribution in [3.8, 4) is 0 Å². The Morgan fingerprint density at radius 1 is 1.12 bits per heavy atom. The van der Waals surface area contributed by atoms with E-state index in [0.717, 1.165) is 14.3 Å². The number of urea groups is 1. The Balaban J connectivity index is 2.10. The maximum Gasteiger partial charge on any atom is 0.319 e. The number of anilines is 1. The van der Waals surface area contributed by atoms with E-state index in [0.29, 0.717) is 5.69 Å². The fourth-order valence-corrected chi connectivity index (χ4v) is 3.79. The Morgan fingerprint density at radius 2 is 1.80 bits per heavy atom. The molecule has 25 heavy (non-hydrogen) atoms. The Kier molecular flexibility index (Phi) is 6.21. The van der Waals surface area contributed by atoms with Crippen LogP contribution in [0.1, 0.15) is 18.5 Å². The second-order valence-electron chi connectivity index (χ2n) is 5.66. The summed E-state index contributed by atoms with van der Waals surface area (Å²) in [6.07, 6.45) is 0. The number of carbonyl (C=O) groups excluding carboxylic acids is 1. The van der Waals surface area contributed by atoms with E-state index in [1.54, 1.807) is 12.1 Å². The van der Waals surface area contributed by atoms with Crippen LogP contribution >= 0.6 is 15.9 Å². The van der Waals surface area contributed by atoms with Crippen LogP contribution in [0, 0.1) is 0 Å². The summed E-state index contributed by atoms with van der Waals surface area (Å²) in [5, 5.41) is 5.49. The molecule has 0 heterocycles. The fraction of sp³-hybridized carbons (Fsp3) is 0.235. The number of halogens is 1. The van der Waals surface area contributed by atoms with E-state index >= 15 is 0 Å². The first-order valence-corrected chi connectivity index (χ1v) is 9.79. The van der Waals surface area contributed by atoms with E-state index in [1.807, 2.05) is 31.2 Å². The largest absolute Gasteiger partial charge is 0.331 e. The average Bonchev–Trinajstić information content (AvgIpc) is 2.55. The summed E-state index contributed by atoms with van der Waals surface area (Å²) in [5.74, 6) is 0. The summed E-state index contributed by atoms with van der Waals surface area (Å²) < 4.78 is 26.4. The van der Waals surface area contributed by atoms with Crippen LogP contribution in [0.25, 0.3) is 0 Å². The topological polar surface area (TPSA) is 78.5 Å². The van der Waals surface area contributed by atoms with Crippen LogP contribution < -0.4 is 10.6 Å². The number of amides is 2. The number of rotatable bonds is 5. The molecule has 2 amide bonds. The quantitative estimate of drug-likeness (QED) is 0.767. The van der Waals surface area contributed by atoms with Gasteiger partial charge in [0.2, 0.25) is 10.0 Å². The number of benzene rings is 2. The summed E-state index contributed by atoms with van der Waals surface area (Å²) in [7, 11) is -0.632. The van der Waals surface area contributed by atoms with Gasteiger partial charge >= 0.3 is 6.03 Å². The van der Waals surface area contributed by atoms with Crippen LogP contribution in [0.5, 0.6) is 0 Å². The highest BCUT2D eigenvalue weighted by Gasteiger charge is 2.18. The zero-order valence-electron chi connectivity index (χ0n) is 14.2. The third-order valence-corrected chi connectivity index (χ3v) is 6.12. The zero-order chi connectivity index (χ0) is 18.6. The normalized spacial score (nSPS) is 12.7. The van der Waals surface area contributed by atoms with Crippen molar-refractivity contribution in [3.05, 3.63) is 58.6 Å². The molecule has 2 aromatic carbocycles. The third-order valence-electron chi connectivity index (χ3n) is 3.59. The number of hydrogen-bond donors (Lipinski definition) is 2. The molecule has 2 aromatic rings. The molecule has 0 spiro atoms. The number of hydrogen-bond acceptors (Lipinski definition) is 3. The van der Waals surface area contributed by atoms with E-state index in [4.69, 9.17) is 0 Å². The summed E-state index contributed by atoms with van der Waals surface area (Å²) in [4.78, 5) is 12.3. The minimum Gasteiger partial charge on any atom is -0.331 e. The van der Waals surface area contributed by atoms with Crippen LogP contribution in [-0.2, 0) is 10.0 Å². The SMILES string of the molecule is CC(NC(=O)Nc1cccc(S(=O)(=O)N(C)C)c1)c1ccccc1Br. The standard InChI is InChI=1S/C17H20BrN3O3S/c1-12(15-9-4-5-10-16(15)18)19-17(22)20-13-7-6-8-14(11-13)25(23,24)21(2)3/h4-12H,1-3H3,(H2,19,20,22). The van der Waals surface area contributed by atoms with Crippen molar-refractivity contribution in [3.63, 3.8) is 0 Å². The van der Waals surface area contributed by atoms with Crippen molar-refractivity contribution >= 4 is 37.7 Å². The molecular formula is C17H20BrN3O3S. The molecule has 0 bridgehead atoms. The average molecular weight is 426 g/mol. The van der Waals surface area contributed by atoms with Crippen molar-refractivity contribution < 1.29 is 13.2 Å². The molecule has 2 rings (SSSR count). The first kappa shape index (κ1) is 19.4. The van der Waals surface area contributed by atoms with Crippen molar-refractivity contribution in [1.29, 1.82) is 0 Å². The highest BCUT2D eigenvalue weighted by atomic mass is 79.9. The van der Waals surface area contributed by atoms with Gasteiger partial charge in [0.1, 0.15) is 0 Å². The highest BCUT2D eigenvalue weighted by molar-refractivity contribution is 9.10. The van der Waals surface area contributed by atoms with Crippen molar-refractivity contribution in [2.24, 2.45) is 0 Å². The molecule has 6 nitrogen and oxygen atoms in total. The van der Waals surface area contributed by atoms with E-state index in [1.165, 1.54) is 26.2 Å². The molecule has 0 radical (unpaired) electrons. The summed E-state index contributed by atoms with van der Waals surface area (Å²) in [6.45, 7) is 1.87. The minimum atomic E-state index is -3.55. The Bertz CT molecular complexity index is 869. The molecule has 0 aliphatic carbocycles. The molecule has 0 aromatic heterocycles. The molecule has 2 N–H and O–H groups in total. The van der Waals surface area contributed by atoms with Gasteiger partial charge in [-0.25, -0.2) is 17.5 Å². The third kappa shape index (κ3) is 4.81. The van der Waals surface area contributed by atoms with Crippen molar-refractivity contribution in [1.82, 2.24) is 9.62 Å². The monoisotopic (exact) mass is 425 g/mol. The van der Waals surface area contributed by atoms with Gasteiger partial charge in [0.25, 0.3) is 0 Å². The molecule has 0 aliphatic rings. The van der Waals surface area contributed by atoms with E-state index in [9.17, 15) is 13.2 Å². The van der Waals surface area contributed by atoms with Crippen molar-refractivity contribution in [2.75, 3.05) is 19.4 Å². The lowest BCUT2D eigenvalue weighted by Gasteiger charge is -2.17. The van der Waals surface area contributed by atoms with Crippen LogP contribution in [0.2, 0.25) is 0 Å². The molecule has 1 atom stereocenters. The summed E-state index contributed by atoms with van der Waals surface area (Å²) in [5.41, 5.74) is 1.35. The molecule has 8 heteroatoms. The number of nitrogens with one attached hydrogen (secondary N) is 2. The van der Waals surface area contributed by atoms with E-state index < -0.39 is 16.1 Å². The van der Waals surface area contributed by atoms with Gasteiger partial charge in [-0.3, -0.25) is 0 Å². The number of carbonyl (C=O) groups is 1. The van der Waals surface area contributed by atoms with Gasteiger partial charge in [-0.15, -0.1) is 0 Å². The molecule has 1 unspecified atom stereocenters. The Hall–Kier alpha value is -1.90. The molecule has 0 saturated carbocycles. The van der Waals surface area contributed by atoms with Gasteiger partial charge in [-0.1, -0.05) is 40.2 Å². The lowest BCUT2D eigenvalue weighted by atomic mass is 10.1. The first-order chi connectivity index (χ1) is 11.7. The lowest BCUT2D eigenvalue weighted by Crippen LogP contribution is -2.31. The molecule has 0 aliphatic heterocycles. The molecular weight excluding hydrogens is 406 g/mol. The Labute approximate surface area is 156 Å². The van der Waals surface area contributed by atoms with E-state index in [2.05, 4.69) is 26.6 Å². The van der Waals surface area contributed by atoms with Crippen molar-refractivity contribution in [2.45, 2.75) is 17.9 Å². The maximum absolute atomic E-state index is 12.2. The molecule has 0 saturated heterocycles. The van der Waals surface area contributed by atoms with Gasteiger partial charge in [-0.05, 0) is 36.8 Å². The number of nitrogens with zero attached hydrogens (tertiary/aromatic N) is 1. The van der Waals surface area contributed by atoms with Gasteiger partial charge in [0, 0.05) is 24.3 Å². The lowest BCUT2D eigenvalue weighted by molar-refractivity contribution is 0.249. The second kappa shape index (κ2) is 7.99. The minimum absolute atomic E-state index is 0.120. The van der Waals surface area contributed by atoms with Gasteiger partial charge in [-0.2, -0.15) is 0 Å². The van der Waals surface area contributed by atoms with Gasteiger partial charge in [0.05, 0.1) is 10.9 Å². The predicted octanol–water partition coefficient (Wildman–Crippen LogP) is 3.58. The number of sulfonamides is 1. The van der Waals surface area contributed by atoms with E-state index in [-0.39, 0.29) is 10.9 Å². The molecule has 134 valence electrons. The first-order valence-electron chi connectivity index (χ1n) is 7.56. The fourth-order valence-electron chi connectivity index (χ4n) is 2.21. The molecule has 0 fully saturated rings. The summed E-state index contributed by atoms with van der Waals surface area (Å²) >= 11 is 3.46. The smallest absolute Gasteiger partial charge is 0.319 e. The van der Waals surface area contributed by atoms with Crippen LogP contribution in [-0.4, -0.2) is 32.8 Å². The van der Waals surface area contributed by atoms with Crippen LogP contribution in [0.4, 0.5) is 10.5 Å². The second-order valence-corrected chi connectivity index (χ2v) is 8.66. The Morgan fingerprint density at radius 3 is 2.44 bits per heavy atom.